The summed E-state index contributed by atoms with van der Waals surface area (Å²) in [6.45, 7) is 3.55. The molecule has 2 aromatic heterocycles. The molecule has 106 valence electrons. The van der Waals surface area contributed by atoms with E-state index >= 15 is 0 Å². The molecular formula is C12H14N4O4. The van der Waals surface area contributed by atoms with Gasteiger partial charge in [0.25, 0.3) is 0 Å². The quantitative estimate of drug-likeness (QED) is 0.661. The number of nitrogens with zero attached hydrogens (tertiary/aromatic N) is 3. The SMILES string of the molecule is COc1ccc([N+](=O)[O-])c(NC(C)c2ncc(C)o2)n1. The largest absolute Gasteiger partial charge is 0.481 e. The number of aromatic nitrogens is 2. The van der Waals surface area contributed by atoms with Crippen LogP contribution in [0.1, 0.15) is 24.6 Å². The molecule has 2 rings (SSSR count). The maximum Gasteiger partial charge on any atom is 0.311 e. The minimum atomic E-state index is -0.512. The molecule has 0 aliphatic rings. The third-order valence-electron chi connectivity index (χ3n) is 2.62. The van der Waals surface area contributed by atoms with Gasteiger partial charge in [-0.15, -0.1) is 0 Å². The van der Waals surface area contributed by atoms with Gasteiger partial charge in [0.05, 0.1) is 18.2 Å². The molecule has 0 aromatic carbocycles. The van der Waals surface area contributed by atoms with Gasteiger partial charge in [0.2, 0.25) is 17.6 Å². The molecule has 8 heteroatoms. The predicted octanol–water partition coefficient (Wildman–Crippen LogP) is 2.47. The van der Waals surface area contributed by atoms with Crippen LogP contribution in [0.2, 0.25) is 0 Å². The zero-order chi connectivity index (χ0) is 14.7. The maximum absolute atomic E-state index is 11.0. The van der Waals surface area contributed by atoms with Crippen LogP contribution in [0.25, 0.3) is 0 Å². The molecule has 8 nitrogen and oxygen atoms in total. The van der Waals surface area contributed by atoms with Crippen LogP contribution in [0.15, 0.2) is 22.7 Å². The molecule has 0 spiro atoms. The van der Waals surface area contributed by atoms with E-state index in [-0.39, 0.29) is 23.4 Å². The second kappa shape index (κ2) is 5.55. The molecule has 1 atom stereocenters. The predicted molar refractivity (Wildman–Crippen MR) is 70.7 cm³/mol. The Hall–Kier alpha value is -2.64. The Bertz CT molecular complexity index is 626. The molecule has 1 unspecified atom stereocenters. The Morgan fingerprint density at radius 2 is 2.25 bits per heavy atom. The number of nitrogens with one attached hydrogen (secondary N) is 1. The van der Waals surface area contributed by atoms with E-state index in [4.69, 9.17) is 9.15 Å². The summed E-state index contributed by atoms with van der Waals surface area (Å²) in [5.74, 6) is 1.50. The number of hydrogen-bond acceptors (Lipinski definition) is 7. The van der Waals surface area contributed by atoms with E-state index in [0.29, 0.717) is 11.7 Å². The average Bonchev–Trinajstić information content (AvgIpc) is 2.85. The maximum atomic E-state index is 11.0. The summed E-state index contributed by atoms with van der Waals surface area (Å²) in [4.78, 5) is 18.6. The lowest BCUT2D eigenvalue weighted by atomic mass is 10.3. The van der Waals surface area contributed by atoms with Crippen molar-refractivity contribution < 1.29 is 14.1 Å². The summed E-state index contributed by atoms with van der Waals surface area (Å²) in [5, 5.41) is 13.9. The van der Waals surface area contributed by atoms with E-state index in [1.165, 1.54) is 19.2 Å². The molecular weight excluding hydrogens is 264 g/mol. The number of methoxy groups -OCH3 is 1. The van der Waals surface area contributed by atoms with Crippen molar-refractivity contribution in [2.45, 2.75) is 19.9 Å². The Kier molecular flexibility index (Phi) is 3.83. The van der Waals surface area contributed by atoms with Gasteiger partial charge >= 0.3 is 5.69 Å². The van der Waals surface area contributed by atoms with Crippen LogP contribution in [0.4, 0.5) is 11.5 Å². The zero-order valence-electron chi connectivity index (χ0n) is 11.3. The summed E-state index contributed by atoms with van der Waals surface area (Å²) < 4.78 is 10.3. The smallest absolute Gasteiger partial charge is 0.311 e. The van der Waals surface area contributed by atoms with Crippen molar-refractivity contribution in [3.8, 4) is 5.88 Å². The number of hydrogen-bond donors (Lipinski definition) is 1. The number of pyridine rings is 1. The Morgan fingerprint density at radius 1 is 1.50 bits per heavy atom. The molecule has 2 heterocycles. The van der Waals surface area contributed by atoms with Gasteiger partial charge in [-0.1, -0.05) is 0 Å². The minimum Gasteiger partial charge on any atom is -0.481 e. The monoisotopic (exact) mass is 278 g/mol. The van der Waals surface area contributed by atoms with Gasteiger partial charge in [-0.2, -0.15) is 4.98 Å². The molecule has 0 aliphatic heterocycles. The first kappa shape index (κ1) is 13.8. The molecule has 20 heavy (non-hydrogen) atoms. The Balaban J connectivity index is 2.29. The topological polar surface area (TPSA) is 103 Å². The number of ether oxygens (including phenoxy) is 1. The summed E-state index contributed by atoms with van der Waals surface area (Å²) in [5.41, 5.74) is -0.138. The van der Waals surface area contributed by atoms with E-state index in [2.05, 4.69) is 15.3 Å². The third kappa shape index (κ3) is 2.85. The average molecular weight is 278 g/mol. The van der Waals surface area contributed by atoms with Gasteiger partial charge in [-0.3, -0.25) is 10.1 Å². The van der Waals surface area contributed by atoms with Crippen molar-refractivity contribution >= 4 is 11.5 Å². The lowest BCUT2D eigenvalue weighted by Gasteiger charge is -2.11. The van der Waals surface area contributed by atoms with Crippen LogP contribution in [0, 0.1) is 17.0 Å². The summed E-state index contributed by atoms with van der Waals surface area (Å²) >= 11 is 0. The Labute approximate surface area is 114 Å². The van der Waals surface area contributed by atoms with Crippen LogP contribution < -0.4 is 10.1 Å². The lowest BCUT2D eigenvalue weighted by molar-refractivity contribution is -0.384. The van der Waals surface area contributed by atoms with Crippen LogP contribution in [-0.2, 0) is 0 Å². The fraction of sp³-hybridized carbons (Fsp3) is 0.333. The van der Waals surface area contributed by atoms with Crippen LogP contribution in [0.3, 0.4) is 0 Å². The van der Waals surface area contributed by atoms with Crippen LogP contribution >= 0.6 is 0 Å². The van der Waals surface area contributed by atoms with Crippen molar-refractivity contribution in [1.82, 2.24) is 9.97 Å². The molecule has 0 saturated heterocycles. The van der Waals surface area contributed by atoms with Crippen molar-refractivity contribution in [1.29, 1.82) is 0 Å². The Morgan fingerprint density at radius 3 is 2.80 bits per heavy atom. The number of anilines is 1. The fourth-order valence-electron chi connectivity index (χ4n) is 1.64. The van der Waals surface area contributed by atoms with Crippen LogP contribution in [0.5, 0.6) is 5.88 Å². The van der Waals surface area contributed by atoms with Gasteiger partial charge in [0, 0.05) is 12.1 Å². The summed E-state index contributed by atoms with van der Waals surface area (Å²) in [7, 11) is 1.44. The normalized spacial score (nSPS) is 11.9. The van der Waals surface area contributed by atoms with E-state index in [9.17, 15) is 10.1 Å². The van der Waals surface area contributed by atoms with Crippen molar-refractivity contribution in [3.05, 3.63) is 40.1 Å². The van der Waals surface area contributed by atoms with Crippen molar-refractivity contribution in [3.63, 3.8) is 0 Å². The van der Waals surface area contributed by atoms with E-state index in [1.807, 2.05) is 0 Å². The molecule has 0 aliphatic carbocycles. The van der Waals surface area contributed by atoms with Crippen molar-refractivity contribution in [2.24, 2.45) is 0 Å². The summed E-state index contributed by atoms with van der Waals surface area (Å²) in [6.07, 6.45) is 1.58. The second-order valence-corrected chi connectivity index (χ2v) is 4.15. The molecule has 1 N–H and O–H groups in total. The number of nitro groups is 1. The second-order valence-electron chi connectivity index (χ2n) is 4.15. The first-order chi connectivity index (χ1) is 9.51. The first-order valence-corrected chi connectivity index (χ1v) is 5.89. The molecule has 0 fully saturated rings. The third-order valence-corrected chi connectivity index (χ3v) is 2.62. The molecule has 0 amide bonds. The van der Waals surface area contributed by atoms with E-state index in [1.54, 1.807) is 20.0 Å². The number of rotatable bonds is 5. The zero-order valence-corrected chi connectivity index (χ0v) is 11.3. The lowest BCUT2D eigenvalue weighted by Crippen LogP contribution is -2.10. The first-order valence-electron chi connectivity index (χ1n) is 5.89. The highest BCUT2D eigenvalue weighted by molar-refractivity contribution is 5.57. The molecule has 0 saturated carbocycles. The number of aryl methyl sites for hydroxylation is 1. The highest BCUT2D eigenvalue weighted by Crippen LogP contribution is 2.28. The molecule has 2 aromatic rings. The fourth-order valence-corrected chi connectivity index (χ4v) is 1.64. The number of oxazole rings is 1. The molecule has 0 radical (unpaired) electrons. The van der Waals surface area contributed by atoms with E-state index in [0.717, 1.165) is 0 Å². The minimum absolute atomic E-state index is 0.109. The molecule has 0 bridgehead atoms. The highest BCUT2D eigenvalue weighted by atomic mass is 16.6. The van der Waals surface area contributed by atoms with Gasteiger partial charge < -0.3 is 14.5 Å². The van der Waals surface area contributed by atoms with Gasteiger partial charge in [0.15, 0.2) is 0 Å². The van der Waals surface area contributed by atoms with Crippen molar-refractivity contribution in [2.75, 3.05) is 12.4 Å². The standard InChI is InChI=1S/C12H14N4O4/c1-7-6-13-12(20-7)8(2)14-11-9(16(17)18)4-5-10(15-11)19-3/h4-6,8H,1-3H3,(H,14,15). The van der Waals surface area contributed by atoms with Crippen LogP contribution in [-0.4, -0.2) is 22.0 Å². The van der Waals surface area contributed by atoms with Gasteiger partial charge in [-0.25, -0.2) is 4.98 Å². The highest BCUT2D eigenvalue weighted by Gasteiger charge is 2.20. The van der Waals surface area contributed by atoms with E-state index < -0.39 is 4.92 Å². The van der Waals surface area contributed by atoms with Gasteiger partial charge in [0.1, 0.15) is 11.8 Å². The summed E-state index contributed by atoms with van der Waals surface area (Å²) in [6, 6.07) is 2.41. The van der Waals surface area contributed by atoms with Gasteiger partial charge in [-0.05, 0) is 13.8 Å².